The van der Waals surface area contributed by atoms with Gasteiger partial charge in [-0.3, -0.25) is 13.9 Å². The molecule has 2 aromatic carbocycles. The van der Waals surface area contributed by atoms with Crippen LogP contribution in [0.15, 0.2) is 42.5 Å². The molecule has 1 N–H and O–H groups in total. The zero-order valence-corrected chi connectivity index (χ0v) is 22.3. The summed E-state index contributed by atoms with van der Waals surface area (Å²) in [4.78, 5) is 27.8. The number of sulfonamides is 1. The largest absolute Gasteiger partial charge is 0.486 e. The van der Waals surface area contributed by atoms with Crippen molar-refractivity contribution in [1.29, 1.82) is 0 Å². The van der Waals surface area contributed by atoms with Gasteiger partial charge in [0.1, 0.15) is 25.8 Å². The van der Waals surface area contributed by atoms with Crippen molar-refractivity contribution < 1.29 is 27.5 Å². The molecule has 1 atom stereocenters. The molecule has 2 amide bonds. The minimum absolute atomic E-state index is 0.0420. The molecule has 2 aromatic rings. The monoisotopic (exact) mass is 537 g/mol. The number of carbonyl (C=O) groups is 2. The van der Waals surface area contributed by atoms with Gasteiger partial charge in [0, 0.05) is 24.2 Å². The second kappa shape index (κ2) is 12.3. The zero-order valence-electron chi connectivity index (χ0n) is 20.7. The first-order valence-corrected chi connectivity index (χ1v) is 13.9. The van der Waals surface area contributed by atoms with Crippen LogP contribution >= 0.6 is 11.6 Å². The van der Waals surface area contributed by atoms with Crippen LogP contribution in [0.2, 0.25) is 5.02 Å². The molecule has 0 saturated carbocycles. The first-order chi connectivity index (χ1) is 17.2. The number of fused-ring (bicyclic) bond motifs is 1. The second-order valence-corrected chi connectivity index (χ2v) is 10.9. The van der Waals surface area contributed by atoms with Gasteiger partial charge in [-0.2, -0.15) is 0 Å². The normalized spacial score (nSPS) is 13.6. The van der Waals surface area contributed by atoms with Gasteiger partial charge in [0.15, 0.2) is 11.5 Å². The summed E-state index contributed by atoms with van der Waals surface area (Å²) >= 11 is 6.33. The minimum atomic E-state index is -3.85. The van der Waals surface area contributed by atoms with E-state index in [1.165, 1.54) is 11.8 Å². The topological polar surface area (TPSA) is 105 Å². The van der Waals surface area contributed by atoms with Crippen LogP contribution in [-0.4, -0.2) is 63.2 Å². The number of ether oxygens (including phenoxy) is 2. The van der Waals surface area contributed by atoms with Crippen LogP contribution in [0, 0.1) is 0 Å². The molecular weight excluding hydrogens is 506 g/mol. The maximum Gasteiger partial charge on any atom is 0.244 e. The Morgan fingerprint density at radius 3 is 2.44 bits per heavy atom. The Morgan fingerprint density at radius 2 is 1.78 bits per heavy atom. The number of amides is 2. The van der Waals surface area contributed by atoms with E-state index < -0.39 is 28.5 Å². The van der Waals surface area contributed by atoms with Crippen molar-refractivity contribution in [2.24, 2.45) is 0 Å². The number of carbonyl (C=O) groups excluding carboxylic acids is 2. The lowest BCUT2D eigenvalue weighted by molar-refractivity contribution is -0.139. The molecule has 9 nitrogen and oxygen atoms in total. The molecule has 196 valence electrons. The predicted molar refractivity (Wildman–Crippen MR) is 139 cm³/mol. The molecule has 1 heterocycles. The molecule has 0 aliphatic carbocycles. The van der Waals surface area contributed by atoms with E-state index in [0.29, 0.717) is 41.8 Å². The second-order valence-electron chi connectivity index (χ2n) is 8.32. The standard InChI is InChI=1S/C25H32ClN3O6S/c1-4-12-27-25(31)18(3)28(16-19-8-6-7-9-21(19)26)24(30)17-29(36(32,33)5-2)20-10-11-22-23(15-20)35-14-13-34-22/h6-11,15,18H,4-5,12-14,16-17H2,1-3H3,(H,27,31)/t18-/m1/s1. The molecule has 0 saturated heterocycles. The lowest BCUT2D eigenvalue weighted by Gasteiger charge is -2.32. The fraction of sp³-hybridized carbons (Fsp3) is 0.440. The van der Waals surface area contributed by atoms with E-state index in [9.17, 15) is 18.0 Å². The summed E-state index contributed by atoms with van der Waals surface area (Å²) in [7, 11) is -3.85. The molecule has 0 spiro atoms. The summed E-state index contributed by atoms with van der Waals surface area (Å²) in [5.41, 5.74) is 0.919. The molecule has 0 unspecified atom stereocenters. The molecular formula is C25H32ClN3O6S. The number of anilines is 1. The van der Waals surface area contributed by atoms with E-state index in [-0.39, 0.29) is 23.9 Å². The Hall–Kier alpha value is -2.98. The lowest BCUT2D eigenvalue weighted by Crippen LogP contribution is -2.51. The fourth-order valence-electron chi connectivity index (χ4n) is 3.70. The molecule has 3 rings (SSSR count). The maximum absolute atomic E-state index is 13.7. The summed E-state index contributed by atoms with van der Waals surface area (Å²) in [6, 6.07) is 10.9. The number of nitrogens with zero attached hydrogens (tertiary/aromatic N) is 2. The first kappa shape index (κ1) is 27.6. The highest BCUT2D eigenvalue weighted by molar-refractivity contribution is 7.92. The number of benzene rings is 2. The summed E-state index contributed by atoms with van der Waals surface area (Å²) < 4.78 is 38.3. The third kappa shape index (κ3) is 6.61. The number of nitrogens with one attached hydrogen (secondary N) is 1. The summed E-state index contributed by atoms with van der Waals surface area (Å²) in [5.74, 6) is -0.178. The third-order valence-corrected chi connectivity index (χ3v) is 7.92. The smallest absolute Gasteiger partial charge is 0.244 e. The Bertz CT molecular complexity index is 1190. The Labute approximate surface area is 217 Å². The van der Waals surface area contributed by atoms with Crippen LogP contribution in [0.25, 0.3) is 0 Å². The molecule has 0 fully saturated rings. The number of halogens is 1. The molecule has 1 aliphatic heterocycles. The van der Waals surface area contributed by atoms with Crippen molar-refractivity contribution in [2.45, 2.75) is 39.8 Å². The van der Waals surface area contributed by atoms with Gasteiger partial charge in [-0.1, -0.05) is 36.7 Å². The van der Waals surface area contributed by atoms with Gasteiger partial charge in [-0.05, 0) is 44.0 Å². The van der Waals surface area contributed by atoms with E-state index in [0.717, 1.165) is 10.7 Å². The van der Waals surface area contributed by atoms with Crippen molar-refractivity contribution in [1.82, 2.24) is 10.2 Å². The fourth-order valence-corrected chi connectivity index (χ4v) is 4.94. The lowest BCUT2D eigenvalue weighted by atomic mass is 10.1. The molecule has 0 radical (unpaired) electrons. The number of rotatable bonds is 11. The Balaban J connectivity index is 1.94. The van der Waals surface area contributed by atoms with Crippen LogP contribution in [0.3, 0.4) is 0 Å². The van der Waals surface area contributed by atoms with Crippen molar-refractivity contribution in [2.75, 3.05) is 36.4 Å². The van der Waals surface area contributed by atoms with Gasteiger partial charge in [-0.25, -0.2) is 8.42 Å². The van der Waals surface area contributed by atoms with E-state index in [1.807, 2.05) is 6.92 Å². The minimum Gasteiger partial charge on any atom is -0.486 e. The van der Waals surface area contributed by atoms with Crippen LogP contribution in [0.5, 0.6) is 11.5 Å². The van der Waals surface area contributed by atoms with Crippen molar-refractivity contribution in [3.05, 3.63) is 53.1 Å². The summed E-state index contributed by atoms with van der Waals surface area (Å²) in [6.45, 7) is 5.80. The van der Waals surface area contributed by atoms with E-state index >= 15 is 0 Å². The summed E-state index contributed by atoms with van der Waals surface area (Å²) in [6.07, 6.45) is 0.740. The zero-order chi connectivity index (χ0) is 26.3. The molecule has 11 heteroatoms. The highest BCUT2D eigenvalue weighted by Crippen LogP contribution is 2.35. The van der Waals surface area contributed by atoms with Crippen molar-refractivity contribution >= 4 is 39.1 Å². The first-order valence-electron chi connectivity index (χ1n) is 11.9. The van der Waals surface area contributed by atoms with Gasteiger partial charge in [-0.15, -0.1) is 0 Å². The average Bonchev–Trinajstić information content (AvgIpc) is 2.88. The van der Waals surface area contributed by atoms with Gasteiger partial charge in [0.05, 0.1) is 11.4 Å². The van der Waals surface area contributed by atoms with E-state index in [1.54, 1.807) is 49.4 Å². The Kier molecular flexibility index (Phi) is 9.44. The molecule has 1 aliphatic rings. The maximum atomic E-state index is 13.7. The highest BCUT2D eigenvalue weighted by atomic mass is 35.5. The van der Waals surface area contributed by atoms with Gasteiger partial charge < -0.3 is 19.7 Å². The van der Waals surface area contributed by atoms with Crippen LogP contribution in [-0.2, 0) is 26.2 Å². The van der Waals surface area contributed by atoms with Crippen molar-refractivity contribution in [3.63, 3.8) is 0 Å². The van der Waals surface area contributed by atoms with Gasteiger partial charge in [0.2, 0.25) is 21.8 Å². The predicted octanol–water partition coefficient (Wildman–Crippen LogP) is 3.21. The van der Waals surface area contributed by atoms with Gasteiger partial charge >= 0.3 is 0 Å². The number of hydrogen-bond donors (Lipinski definition) is 1. The molecule has 0 aromatic heterocycles. The number of hydrogen-bond acceptors (Lipinski definition) is 6. The van der Waals surface area contributed by atoms with Crippen molar-refractivity contribution in [3.8, 4) is 11.5 Å². The van der Waals surface area contributed by atoms with Gasteiger partial charge in [0.25, 0.3) is 0 Å². The van der Waals surface area contributed by atoms with E-state index in [2.05, 4.69) is 5.32 Å². The SMILES string of the molecule is CCCNC(=O)[C@@H](C)N(Cc1ccccc1Cl)C(=O)CN(c1ccc2c(c1)OCCO2)S(=O)(=O)CC. The Morgan fingerprint density at radius 1 is 1.08 bits per heavy atom. The van der Waals surface area contributed by atoms with Crippen LogP contribution in [0.4, 0.5) is 5.69 Å². The average molecular weight is 538 g/mol. The highest BCUT2D eigenvalue weighted by Gasteiger charge is 2.31. The molecule has 36 heavy (non-hydrogen) atoms. The van der Waals surface area contributed by atoms with E-state index in [4.69, 9.17) is 21.1 Å². The summed E-state index contributed by atoms with van der Waals surface area (Å²) in [5, 5.41) is 3.25. The quantitative estimate of drug-likeness (QED) is 0.472. The van der Waals surface area contributed by atoms with Crippen LogP contribution in [0.1, 0.15) is 32.8 Å². The van der Waals surface area contributed by atoms with Crippen LogP contribution < -0.4 is 19.1 Å². The molecule has 0 bridgehead atoms. The third-order valence-electron chi connectivity index (χ3n) is 5.81.